The van der Waals surface area contributed by atoms with Gasteiger partial charge in [-0.1, -0.05) is 13.3 Å². The van der Waals surface area contributed by atoms with Crippen LogP contribution in [0.2, 0.25) is 0 Å². The van der Waals surface area contributed by atoms with E-state index in [4.69, 9.17) is 9.84 Å². The van der Waals surface area contributed by atoms with Gasteiger partial charge in [0.2, 0.25) is 0 Å². The van der Waals surface area contributed by atoms with Gasteiger partial charge in [-0.15, -0.1) is 0 Å². The maximum atomic E-state index is 11.5. The zero-order valence-corrected chi connectivity index (χ0v) is 10.8. The van der Waals surface area contributed by atoms with Crippen LogP contribution in [0.15, 0.2) is 0 Å². The van der Waals surface area contributed by atoms with Crippen molar-refractivity contribution in [3.05, 3.63) is 0 Å². The van der Waals surface area contributed by atoms with Crippen LogP contribution in [0, 0.1) is 0 Å². The largest absolute Gasteiger partial charge is 0.480 e. The van der Waals surface area contributed by atoms with Crippen molar-refractivity contribution >= 4 is 12.0 Å². The van der Waals surface area contributed by atoms with Crippen LogP contribution in [0.25, 0.3) is 0 Å². The molecule has 1 aliphatic rings. The summed E-state index contributed by atoms with van der Waals surface area (Å²) in [7, 11) is 0. The Labute approximate surface area is 107 Å². The molecule has 6 nitrogen and oxygen atoms in total. The maximum Gasteiger partial charge on any atom is 0.326 e. The number of rotatable bonds is 7. The zero-order valence-electron chi connectivity index (χ0n) is 10.8. The average Bonchev–Trinajstić information content (AvgIpc) is 2.81. The third-order valence-corrected chi connectivity index (χ3v) is 2.96. The zero-order chi connectivity index (χ0) is 13.4. The van der Waals surface area contributed by atoms with Crippen LogP contribution in [-0.2, 0) is 9.53 Å². The molecule has 1 rings (SSSR count). The normalized spacial score (nSPS) is 20.4. The highest BCUT2D eigenvalue weighted by Crippen LogP contribution is 2.14. The number of hydrogen-bond donors (Lipinski definition) is 3. The maximum absolute atomic E-state index is 11.5. The lowest BCUT2D eigenvalue weighted by Crippen LogP contribution is -2.46. The predicted octanol–water partition coefficient (Wildman–Crippen LogP) is 1.11. The van der Waals surface area contributed by atoms with E-state index in [1.165, 1.54) is 0 Å². The molecule has 1 unspecified atom stereocenters. The number of hydrogen-bond acceptors (Lipinski definition) is 3. The third kappa shape index (κ3) is 5.35. The fraction of sp³-hybridized carbons (Fsp3) is 0.833. The van der Waals surface area contributed by atoms with Gasteiger partial charge in [0.25, 0.3) is 0 Å². The van der Waals surface area contributed by atoms with E-state index in [2.05, 4.69) is 10.6 Å². The fourth-order valence-corrected chi connectivity index (χ4v) is 1.97. The minimum absolute atomic E-state index is 0.233. The van der Waals surface area contributed by atoms with E-state index < -0.39 is 18.0 Å². The molecule has 0 aromatic rings. The van der Waals surface area contributed by atoms with E-state index in [1.807, 2.05) is 6.92 Å². The van der Waals surface area contributed by atoms with Crippen molar-refractivity contribution in [2.75, 3.05) is 13.2 Å². The van der Waals surface area contributed by atoms with Gasteiger partial charge in [-0.3, -0.25) is 0 Å². The molecule has 0 saturated carbocycles. The Kier molecular flexibility index (Phi) is 6.49. The summed E-state index contributed by atoms with van der Waals surface area (Å²) < 4.78 is 5.43. The van der Waals surface area contributed by atoms with Gasteiger partial charge >= 0.3 is 12.0 Å². The quantitative estimate of drug-likeness (QED) is 0.638. The standard InChI is InChI=1S/C12H22N2O4/c1-2-4-10(11(15)16)14-12(17)13-7-6-9-5-3-8-18-9/h9-10H,2-8H2,1H3,(H,15,16)(H2,13,14,17)/t9?,10-/m0/s1. The Hall–Kier alpha value is -1.30. The van der Waals surface area contributed by atoms with E-state index >= 15 is 0 Å². The van der Waals surface area contributed by atoms with Crippen LogP contribution in [0.3, 0.4) is 0 Å². The molecule has 6 heteroatoms. The first-order chi connectivity index (χ1) is 8.63. The van der Waals surface area contributed by atoms with E-state index in [9.17, 15) is 9.59 Å². The average molecular weight is 258 g/mol. The first-order valence-corrected chi connectivity index (χ1v) is 6.52. The molecule has 0 bridgehead atoms. The number of amides is 2. The lowest BCUT2D eigenvalue weighted by Gasteiger charge is -2.15. The van der Waals surface area contributed by atoms with Crippen LogP contribution < -0.4 is 10.6 Å². The van der Waals surface area contributed by atoms with Gasteiger partial charge in [0.15, 0.2) is 0 Å². The lowest BCUT2D eigenvalue weighted by atomic mass is 10.2. The molecular weight excluding hydrogens is 236 g/mol. The molecule has 2 amide bonds. The van der Waals surface area contributed by atoms with Gasteiger partial charge in [0.05, 0.1) is 6.10 Å². The number of carboxylic acid groups (broad SMARTS) is 1. The summed E-state index contributed by atoms with van der Waals surface area (Å²) in [5, 5.41) is 14.0. The highest BCUT2D eigenvalue weighted by atomic mass is 16.5. The Morgan fingerprint density at radius 3 is 2.83 bits per heavy atom. The fourth-order valence-electron chi connectivity index (χ4n) is 1.97. The molecule has 104 valence electrons. The molecule has 0 aliphatic carbocycles. The number of aliphatic carboxylic acids is 1. The van der Waals surface area contributed by atoms with Crippen LogP contribution in [-0.4, -0.2) is 42.4 Å². The van der Waals surface area contributed by atoms with Crippen molar-refractivity contribution in [3.63, 3.8) is 0 Å². The van der Waals surface area contributed by atoms with Crippen molar-refractivity contribution in [2.24, 2.45) is 0 Å². The molecular formula is C12H22N2O4. The second-order valence-corrected chi connectivity index (χ2v) is 4.50. The molecule has 18 heavy (non-hydrogen) atoms. The van der Waals surface area contributed by atoms with Gasteiger partial charge in [-0.05, 0) is 25.7 Å². The number of nitrogens with one attached hydrogen (secondary N) is 2. The molecule has 0 spiro atoms. The highest BCUT2D eigenvalue weighted by Gasteiger charge is 2.19. The van der Waals surface area contributed by atoms with E-state index in [1.54, 1.807) is 0 Å². The van der Waals surface area contributed by atoms with Crippen LogP contribution in [0.5, 0.6) is 0 Å². The van der Waals surface area contributed by atoms with E-state index in [0.717, 1.165) is 25.9 Å². The topological polar surface area (TPSA) is 87.7 Å². The summed E-state index contributed by atoms with van der Waals surface area (Å²) in [6.45, 7) is 3.19. The Morgan fingerprint density at radius 1 is 1.50 bits per heavy atom. The summed E-state index contributed by atoms with van der Waals surface area (Å²) >= 11 is 0. The van der Waals surface area contributed by atoms with Crippen molar-refractivity contribution in [1.82, 2.24) is 10.6 Å². The molecule has 0 aromatic heterocycles. The van der Waals surface area contributed by atoms with Gasteiger partial charge in [0, 0.05) is 13.2 Å². The van der Waals surface area contributed by atoms with E-state index in [0.29, 0.717) is 19.4 Å². The Morgan fingerprint density at radius 2 is 2.28 bits per heavy atom. The lowest BCUT2D eigenvalue weighted by molar-refractivity contribution is -0.139. The van der Waals surface area contributed by atoms with Crippen molar-refractivity contribution in [3.8, 4) is 0 Å². The molecule has 3 N–H and O–H groups in total. The van der Waals surface area contributed by atoms with Crippen LogP contribution in [0.4, 0.5) is 4.79 Å². The number of carbonyl (C=O) groups is 2. The number of carbonyl (C=O) groups excluding carboxylic acids is 1. The minimum Gasteiger partial charge on any atom is -0.480 e. The third-order valence-electron chi connectivity index (χ3n) is 2.96. The van der Waals surface area contributed by atoms with Gasteiger partial charge in [-0.25, -0.2) is 9.59 Å². The summed E-state index contributed by atoms with van der Waals surface area (Å²) in [5.74, 6) is -0.994. The number of urea groups is 1. The number of ether oxygens (including phenoxy) is 1. The van der Waals surface area contributed by atoms with Gasteiger partial charge in [-0.2, -0.15) is 0 Å². The first-order valence-electron chi connectivity index (χ1n) is 6.52. The number of carboxylic acids is 1. The molecule has 0 aromatic carbocycles. The Bertz CT molecular complexity index is 277. The van der Waals surface area contributed by atoms with Gasteiger partial charge in [0.1, 0.15) is 6.04 Å². The second-order valence-electron chi connectivity index (χ2n) is 4.50. The first kappa shape index (κ1) is 14.8. The van der Waals surface area contributed by atoms with Crippen molar-refractivity contribution in [1.29, 1.82) is 0 Å². The van der Waals surface area contributed by atoms with Crippen molar-refractivity contribution in [2.45, 2.75) is 51.2 Å². The van der Waals surface area contributed by atoms with Crippen molar-refractivity contribution < 1.29 is 19.4 Å². The molecule has 1 heterocycles. The van der Waals surface area contributed by atoms with E-state index in [-0.39, 0.29) is 6.10 Å². The van der Waals surface area contributed by atoms with Crippen LogP contribution in [0.1, 0.15) is 39.0 Å². The summed E-state index contributed by atoms with van der Waals surface area (Å²) in [6, 6.07) is -1.23. The Balaban J connectivity index is 2.16. The van der Waals surface area contributed by atoms with Gasteiger partial charge < -0.3 is 20.5 Å². The second kappa shape index (κ2) is 7.92. The highest BCUT2D eigenvalue weighted by molar-refractivity contribution is 5.82. The SMILES string of the molecule is CCC[C@H](NC(=O)NCCC1CCCO1)C(=O)O. The summed E-state index contributed by atoms with van der Waals surface area (Å²) in [6.07, 6.45) is 4.28. The summed E-state index contributed by atoms with van der Waals surface area (Å²) in [5.41, 5.74) is 0. The minimum atomic E-state index is -0.994. The molecule has 1 saturated heterocycles. The molecule has 2 atom stereocenters. The predicted molar refractivity (Wildman–Crippen MR) is 66.5 cm³/mol. The monoisotopic (exact) mass is 258 g/mol. The molecule has 1 aliphatic heterocycles. The van der Waals surface area contributed by atoms with Crippen LogP contribution >= 0.6 is 0 Å². The molecule has 0 radical (unpaired) electrons. The summed E-state index contributed by atoms with van der Waals surface area (Å²) in [4.78, 5) is 22.3. The smallest absolute Gasteiger partial charge is 0.326 e. The molecule has 1 fully saturated rings.